The number of pyridine rings is 4. The molecule has 10 rings (SSSR count). The fourth-order valence-corrected chi connectivity index (χ4v) is 9.69. The molecule has 1 aliphatic carbocycles. The highest BCUT2D eigenvalue weighted by atomic mass is 35.5. The number of rotatable bonds is 10. The number of anilines is 4. The van der Waals surface area contributed by atoms with Crippen molar-refractivity contribution in [1.82, 2.24) is 19.9 Å². The second kappa shape index (κ2) is 16.9. The molecule has 12 heteroatoms. The van der Waals surface area contributed by atoms with Crippen molar-refractivity contribution in [2.45, 2.75) is 50.5 Å². The quantitative estimate of drug-likeness (QED) is 0.131. The van der Waals surface area contributed by atoms with Gasteiger partial charge in [0.05, 0.1) is 39.1 Å². The zero-order chi connectivity index (χ0) is 42.4. The predicted octanol–water partition coefficient (Wildman–Crippen LogP) is 13.5. The molecule has 3 N–H and O–H groups in total. The first-order valence-electron chi connectivity index (χ1n) is 20.5. The Morgan fingerprint density at radius 2 is 0.935 bits per heavy atom. The molecule has 1 saturated carbocycles. The van der Waals surface area contributed by atoms with Crippen molar-refractivity contribution in [3.8, 4) is 0 Å². The minimum Gasteiger partial charge on any atom is -0.380 e. The third-order valence-corrected chi connectivity index (χ3v) is 13.1. The Hall–Kier alpha value is -5.74. The number of nitrogens with one attached hydrogen (secondary N) is 1. The van der Waals surface area contributed by atoms with Gasteiger partial charge in [-0.3, -0.25) is 19.9 Å². The summed E-state index contributed by atoms with van der Waals surface area (Å²) in [6.45, 7) is 1.25. The summed E-state index contributed by atoms with van der Waals surface area (Å²) in [5, 5.41) is 10.3. The highest BCUT2D eigenvalue weighted by molar-refractivity contribution is 6.32. The lowest BCUT2D eigenvalue weighted by Crippen LogP contribution is -2.59. The number of nitrogens with two attached hydrogens (primary N) is 1. The Labute approximate surface area is 379 Å². The van der Waals surface area contributed by atoms with Gasteiger partial charge in [0.2, 0.25) is 0 Å². The van der Waals surface area contributed by atoms with E-state index in [9.17, 15) is 0 Å². The van der Waals surface area contributed by atoms with E-state index in [1.165, 1.54) is 0 Å². The van der Waals surface area contributed by atoms with Gasteiger partial charge in [0.15, 0.2) is 0 Å². The van der Waals surface area contributed by atoms with E-state index in [2.05, 4.69) is 80.8 Å². The maximum atomic E-state index is 7.74. The Morgan fingerprint density at radius 3 is 1.45 bits per heavy atom. The van der Waals surface area contributed by atoms with Crippen LogP contribution in [-0.4, -0.2) is 31.6 Å². The molecule has 0 unspecified atom stereocenters. The van der Waals surface area contributed by atoms with E-state index in [0.29, 0.717) is 33.2 Å². The second-order valence-corrected chi connectivity index (χ2v) is 17.7. The van der Waals surface area contributed by atoms with Crippen molar-refractivity contribution < 1.29 is 0 Å². The van der Waals surface area contributed by atoms with Crippen molar-refractivity contribution in [3.05, 3.63) is 177 Å². The SMILES string of the molecule is NC1(N(Cc2ccc(CNc3ccnc4cc(Cl)ccc34)cc2)c2ccnc3cc(Cl)ccc23)CCC(N(c2ccnc3cc(Cl)ccc23)c2ccnc3cc(Cl)ccc23)CC1. The summed E-state index contributed by atoms with van der Waals surface area (Å²) < 4.78 is 0. The summed E-state index contributed by atoms with van der Waals surface area (Å²) >= 11 is 25.7. The van der Waals surface area contributed by atoms with Gasteiger partial charge in [0.25, 0.3) is 0 Å². The van der Waals surface area contributed by atoms with Crippen molar-refractivity contribution in [2.24, 2.45) is 5.73 Å². The number of fused-ring (bicyclic) bond motifs is 4. The number of hydrogen-bond acceptors (Lipinski definition) is 8. The van der Waals surface area contributed by atoms with Crippen molar-refractivity contribution in [1.29, 1.82) is 0 Å². The highest BCUT2D eigenvalue weighted by Gasteiger charge is 2.40. The van der Waals surface area contributed by atoms with E-state index in [0.717, 1.165) is 103 Å². The second-order valence-electron chi connectivity index (χ2n) is 16.0. The van der Waals surface area contributed by atoms with Crippen LogP contribution in [-0.2, 0) is 13.1 Å². The van der Waals surface area contributed by atoms with Crippen LogP contribution in [0.15, 0.2) is 146 Å². The molecule has 0 bridgehead atoms. The molecule has 0 spiro atoms. The molecule has 0 saturated heterocycles. The third-order valence-electron chi connectivity index (χ3n) is 12.1. The number of halogens is 4. The van der Waals surface area contributed by atoms with Gasteiger partial charge in [0, 0.05) is 96.9 Å². The number of aromatic nitrogens is 4. The topological polar surface area (TPSA) is 96.1 Å². The standard InChI is InChI=1S/C50H40Cl4N8/c51-33-5-9-38-42(15-21-56-43(38)25-33)60-29-31-1-3-32(4-2-31)30-61(47-16-22-57-44-26-34(52)6-10-39(44)47)50(55)19-13-37(14-20-50)62(48-17-23-58-45-27-35(53)7-11-40(45)48)49-18-24-59-46-28-36(54)8-12-41(46)49/h1-12,15-18,21-28,37H,13-14,19-20,29-30,55H2,(H,56,60). The van der Waals surface area contributed by atoms with Crippen LogP contribution in [0.25, 0.3) is 43.6 Å². The van der Waals surface area contributed by atoms with E-state index in [1.807, 2.05) is 79.3 Å². The normalized spacial score (nSPS) is 16.6. The summed E-state index contributed by atoms with van der Waals surface area (Å²) in [6, 6.07) is 40.6. The Balaban J connectivity index is 0.976. The van der Waals surface area contributed by atoms with Gasteiger partial charge >= 0.3 is 0 Å². The summed E-state index contributed by atoms with van der Waals surface area (Å²) in [7, 11) is 0. The summed E-state index contributed by atoms with van der Waals surface area (Å²) in [5.41, 5.74) is 16.8. The molecule has 5 aromatic carbocycles. The highest BCUT2D eigenvalue weighted by Crippen LogP contribution is 2.45. The monoisotopic (exact) mass is 892 g/mol. The Morgan fingerprint density at radius 1 is 0.516 bits per heavy atom. The zero-order valence-electron chi connectivity index (χ0n) is 33.4. The van der Waals surface area contributed by atoms with Crippen molar-refractivity contribution >= 4 is 113 Å². The van der Waals surface area contributed by atoms with Crippen LogP contribution in [0, 0.1) is 0 Å². The lowest BCUT2D eigenvalue weighted by molar-refractivity contribution is 0.259. The molecule has 4 heterocycles. The van der Waals surface area contributed by atoms with Crippen LogP contribution in [0.5, 0.6) is 0 Å². The molecule has 0 amide bonds. The first-order valence-corrected chi connectivity index (χ1v) is 22.0. The van der Waals surface area contributed by atoms with Gasteiger partial charge in [-0.25, -0.2) is 0 Å². The average molecular weight is 895 g/mol. The summed E-state index contributed by atoms with van der Waals surface area (Å²) in [5.74, 6) is 0. The molecule has 8 nitrogen and oxygen atoms in total. The predicted molar refractivity (Wildman–Crippen MR) is 258 cm³/mol. The van der Waals surface area contributed by atoms with Crippen LogP contribution >= 0.6 is 46.4 Å². The number of hydrogen-bond donors (Lipinski definition) is 2. The molecule has 308 valence electrons. The third kappa shape index (κ3) is 7.94. The smallest absolute Gasteiger partial charge is 0.0888 e. The first-order chi connectivity index (χ1) is 30.2. The van der Waals surface area contributed by atoms with Crippen molar-refractivity contribution in [2.75, 3.05) is 15.1 Å². The summed E-state index contributed by atoms with van der Waals surface area (Å²) in [4.78, 5) is 23.4. The largest absolute Gasteiger partial charge is 0.380 e. The van der Waals surface area contributed by atoms with Gasteiger partial charge < -0.3 is 20.9 Å². The molecule has 1 aliphatic rings. The first kappa shape index (κ1) is 40.3. The molecule has 0 aliphatic heterocycles. The maximum Gasteiger partial charge on any atom is 0.0888 e. The Bertz CT molecular complexity index is 3030. The molecule has 62 heavy (non-hydrogen) atoms. The number of nitrogens with zero attached hydrogens (tertiary/aromatic N) is 6. The zero-order valence-corrected chi connectivity index (χ0v) is 36.5. The van der Waals surface area contributed by atoms with Gasteiger partial charge in [0.1, 0.15) is 0 Å². The van der Waals surface area contributed by atoms with Crippen LogP contribution in [0.4, 0.5) is 22.7 Å². The van der Waals surface area contributed by atoms with Crippen LogP contribution in [0.1, 0.15) is 36.8 Å². The molecular weight excluding hydrogens is 854 g/mol. The van der Waals surface area contributed by atoms with Crippen LogP contribution in [0.2, 0.25) is 20.1 Å². The maximum absolute atomic E-state index is 7.74. The van der Waals surface area contributed by atoms with E-state index in [-0.39, 0.29) is 6.04 Å². The van der Waals surface area contributed by atoms with Crippen LogP contribution < -0.4 is 20.9 Å². The van der Waals surface area contributed by atoms with E-state index in [1.54, 1.807) is 6.20 Å². The lowest BCUT2D eigenvalue weighted by Gasteiger charge is -2.49. The minimum absolute atomic E-state index is 0.102. The lowest BCUT2D eigenvalue weighted by atomic mass is 9.83. The fourth-order valence-electron chi connectivity index (χ4n) is 9.03. The fraction of sp³-hybridized carbons (Fsp3) is 0.160. The van der Waals surface area contributed by atoms with Gasteiger partial charge in [-0.2, -0.15) is 0 Å². The minimum atomic E-state index is -0.691. The molecule has 4 aromatic heterocycles. The molecule has 0 radical (unpaired) electrons. The average Bonchev–Trinajstić information content (AvgIpc) is 3.28. The molecular formula is C50H40Cl4N8. The Kier molecular flexibility index (Phi) is 11.0. The van der Waals surface area contributed by atoms with E-state index < -0.39 is 5.66 Å². The van der Waals surface area contributed by atoms with E-state index in [4.69, 9.17) is 67.1 Å². The van der Waals surface area contributed by atoms with E-state index >= 15 is 0 Å². The van der Waals surface area contributed by atoms with Crippen LogP contribution in [0.3, 0.4) is 0 Å². The molecule has 0 atom stereocenters. The number of benzene rings is 5. The van der Waals surface area contributed by atoms with Gasteiger partial charge in [-0.15, -0.1) is 0 Å². The van der Waals surface area contributed by atoms with Crippen molar-refractivity contribution in [3.63, 3.8) is 0 Å². The molecule has 9 aromatic rings. The van der Waals surface area contributed by atoms with Gasteiger partial charge in [-0.05, 0) is 134 Å². The summed E-state index contributed by atoms with van der Waals surface area (Å²) in [6.07, 6.45) is 10.5. The molecule has 1 fully saturated rings. The van der Waals surface area contributed by atoms with Gasteiger partial charge in [-0.1, -0.05) is 70.7 Å².